The molecular weight excluding hydrogens is 257 g/mol. The highest BCUT2D eigenvalue weighted by Crippen LogP contribution is 2.23. The highest BCUT2D eigenvalue weighted by Gasteiger charge is 2.13. The fraction of sp³-hybridized carbons (Fsp3) is 0.333. The van der Waals surface area contributed by atoms with Crippen LogP contribution in [0.25, 0.3) is 0 Å². The Kier molecular flexibility index (Phi) is 4.80. The number of halogens is 2. The summed E-state index contributed by atoms with van der Waals surface area (Å²) in [5.74, 6) is 2.26. The summed E-state index contributed by atoms with van der Waals surface area (Å²) in [5, 5.41) is 3.11. The van der Waals surface area contributed by atoms with E-state index in [0.717, 1.165) is 13.0 Å². The van der Waals surface area contributed by atoms with Crippen molar-refractivity contribution in [3.8, 4) is 12.3 Å². The van der Waals surface area contributed by atoms with Gasteiger partial charge in [-0.1, -0.05) is 25.0 Å². The highest BCUT2D eigenvalue weighted by atomic mass is 79.9. The monoisotopic (exact) mass is 269 g/mol. The lowest BCUT2D eigenvalue weighted by Gasteiger charge is -2.14. The number of terminal acetylenes is 1. The van der Waals surface area contributed by atoms with Gasteiger partial charge in [-0.3, -0.25) is 5.32 Å². The fourth-order valence-corrected chi connectivity index (χ4v) is 1.67. The standard InChI is InChI=1S/C12H13BrFN/c1-3-8-15-11(4-2)9-6-5-7-10(13)12(9)14/h2,5-7,11,15H,3,8H2,1H3. The van der Waals surface area contributed by atoms with E-state index in [4.69, 9.17) is 6.42 Å². The molecule has 1 atom stereocenters. The predicted molar refractivity (Wildman–Crippen MR) is 64.0 cm³/mol. The van der Waals surface area contributed by atoms with E-state index in [1.807, 2.05) is 6.92 Å². The zero-order valence-corrected chi connectivity index (χ0v) is 10.1. The quantitative estimate of drug-likeness (QED) is 0.828. The van der Waals surface area contributed by atoms with Gasteiger partial charge in [0.25, 0.3) is 0 Å². The number of hydrogen-bond donors (Lipinski definition) is 1. The summed E-state index contributed by atoms with van der Waals surface area (Å²) < 4.78 is 14.1. The third-order valence-corrected chi connectivity index (χ3v) is 2.67. The Labute approximate surface area is 98.2 Å². The van der Waals surface area contributed by atoms with Crippen LogP contribution in [-0.2, 0) is 0 Å². The number of rotatable bonds is 4. The Morgan fingerprint density at radius 1 is 1.60 bits per heavy atom. The van der Waals surface area contributed by atoms with Gasteiger partial charge in [0, 0.05) is 5.56 Å². The lowest BCUT2D eigenvalue weighted by Crippen LogP contribution is -2.21. The van der Waals surface area contributed by atoms with Crippen LogP contribution >= 0.6 is 15.9 Å². The van der Waals surface area contributed by atoms with Crippen LogP contribution < -0.4 is 5.32 Å². The molecule has 0 aliphatic carbocycles. The minimum atomic E-state index is -0.359. The zero-order chi connectivity index (χ0) is 11.3. The average molecular weight is 270 g/mol. The Morgan fingerprint density at radius 3 is 2.93 bits per heavy atom. The van der Waals surface area contributed by atoms with E-state index in [0.29, 0.717) is 10.0 Å². The molecule has 0 amide bonds. The first-order valence-corrected chi connectivity index (χ1v) is 5.63. The molecule has 15 heavy (non-hydrogen) atoms. The summed E-state index contributed by atoms with van der Waals surface area (Å²) >= 11 is 3.14. The molecule has 0 aliphatic heterocycles. The molecule has 0 spiro atoms. The third-order valence-electron chi connectivity index (χ3n) is 2.06. The Bertz CT molecular complexity index is 370. The van der Waals surface area contributed by atoms with Crippen molar-refractivity contribution in [3.05, 3.63) is 34.1 Å². The van der Waals surface area contributed by atoms with Gasteiger partial charge in [0.1, 0.15) is 5.82 Å². The first-order chi connectivity index (χ1) is 7.20. The first-order valence-electron chi connectivity index (χ1n) is 4.84. The van der Waals surface area contributed by atoms with E-state index in [9.17, 15) is 4.39 Å². The molecule has 3 heteroatoms. The van der Waals surface area contributed by atoms with Crippen LogP contribution in [-0.4, -0.2) is 6.54 Å². The second kappa shape index (κ2) is 5.89. The van der Waals surface area contributed by atoms with Gasteiger partial charge in [-0.05, 0) is 35.0 Å². The molecule has 0 bridgehead atoms. The molecule has 0 saturated carbocycles. The topological polar surface area (TPSA) is 12.0 Å². The Balaban J connectivity index is 2.93. The van der Waals surface area contributed by atoms with Crippen LogP contribution in [0, 0.1) is 18.2 Å². The summed E-state index contributed by atoms with van der Waals surface area (Å²) in [6.07, 6.45) is 6.34. The lowest BCUT2D eigenvalue weighted by molar-refractivity contribution is 0.559. The van der Waals surface area contributed by atoms with Crippen molar-refractivity contribution in [3.63, 3.8) is 0 Å². The van der Waals surface area contributed by atoms with Gasteiger partial charge < -0.3 is 0 Å². The number of benzene rings is 1. The summed E-state index contributed by atoms with van der Waals surface area (Å²) in [6.45, 7) is 2.82. The second-order valence-electron chi connectivity index (χ2n) is 3.20. The van der Waals surface area contributed by atoms with Gasteiger partial charge in [0.2, 0.25) is 0 Å². The maximum atomic E-state index is 13.7. The van der Waals surface area contributed by atoms with E-state index >= 15 is 0 Å². The summed E-state index contributed by atoms with van der Waals surface area (Å²) in [7, 11) is 0. The lowest BCUT2D eigenvalue weighted by atomic mass is 10.1. The maximum absolute atomic E-state index is 13.7. The minimum Gasteiger partial charge on any atom is -0.300 e. The SMILES string of the molecule is C#CC(NCCC)c1cccc(Br)c1F. The molecule has 0 aromatic heterocycles. The maximum Gasteiger partial charge on any atom is 0.143 e. The van der Waals surface area contributed by atoms with Gasteiger partial charge in [0.15, 0.2) is 0 Å². The Hall–Kier alpha value is -0.850. The smallest absolute Gasteiger partial charge is 0.143 e. The molecule has 0 radical (unpaired) electrons. The van der Waals surface area contributed by atoms with E-state index in [1.165, 1.54) is 0 Å². The largest absolute Gasteiger partial charge is 0.300 e. The third kappa shape index (κ3) is 3.05. The molecule has 0 saturated heterocycles. The summed E-state index contributed by atoms with van der Waals surface area (Å²) in [6, 6.07) is 4.78. The van der Waals surface area contributed by atoms with E-state index < -0.39 is 0 Å². The van der Waals surface area contributed by atoms with Crippen molar-refractivity contribution in [2.24, 2.45) is 0 Å². The van der Waals surface area contributed by atoms with Crippen molar-refractivity contribution >= 4 is 15.9 Å². The first kappa shape index (κ1) is 12.2. The van der Waals surface area contributed by atoms with Crippen LogP contribution in [0.5, 0.6) is 0 Å². The molecule has 0 aliphatic rings. The number of nitrogens with one attached hydrogen (secondary N) is 1. The zero-order valence-electron chi connectivity index (χ0n) is 8.56. The van der Waals surface area contributed by atoms with Gasteiger partial charge in [-0.2, -0.15) is 0 Å². The van der Waals surface area contributed by atoms with Crippen molar-refractivity contribution < 1.29 is 4.39 Å². The molecule has 1 aromatic carbocycles. The van der Waals surface area contributed by atoms with Crippen molar-refractivity contribution in [1.82, 2.24) is 5.32 Å². The molecule has 1 N–H and O–H groups in total. The fourth-order valence-electron chi connectivity index (χ4n) is 1.29. The van der Waals surface area contributed by atoms with E-state index in [1.54, 1.807) is 18.2 Å². The molecule has 1 nitrogen and oxygen atoms in total. The van der Waals surface area contributed by atoms with Crippen LogP contribution in [0.3, 0.4) is 0 Å². The van der Waals surface area contributed by atoms with Gasteiger partial charge in [0.05, 0.1) is 10.5 Å². The van der Waals surface area contributed by atoms with Crippen molar-refractivity contribution in [2.45, 2.75) is 19.4 Å². The molecule has 1 unspecified atom stereocenters. The predicted octanol–water partition coefficient (Wildman–Crippen LogP) is 3.26. The van der Waals surface area contributed by atoms with Gasteiger partial charge >= 0.3 is 0 Å². The van der Waals surface area contributed by atoms with Crippen LogP contribution in [0.15, 0.2) is 22.7 Å². The minimum absolute atomic E-state index is 0.288. The normalized spacial score (nSPS) is 12.1. The van der Waals surface area contributed by atoms with Crippen molar-refractivity contribution in [1.29, 1.82) is 0 Å². The van der Waals surface area contributed by atoms with Gasteiger partial charge in [-0.25, -0.2) is 4.39 Å². The molecule has 1 rings (SSSR count). The summed E-state index contributed by atoms with van der Waals surface area (Å²) in [4.78, 5) is 0. The molecule has 0 fully saturated rings. The number of hydrogen-bond acceptors (Lipinski definition) is 1. The molecular formula is C12H13BrFN. The second-order valence-corrected chi connectivity index (χ2v) is 4.05. The highest BCUT2D eigenvalue weighted by molar-refractivity contribution is 9.10. The van der Waals surface area contributed by atoms with Crippen molar-refractivity contribution in [2.75, 3.05) is 6.54 Å². The molecule has 1 aromatic rings. The Morgan fingerprint density at radius 2 is 2.33 bits per heavy atom. The van der Waals surface area contributed by atoms with Crippen LogP contribution in [0.2, 0.25) is 0 Å². The van der Waals surface area contributed by atoms with Crippen LogP contribution in [0.4, 0.5) is 4.39 Å². The average Bonchev–Trinajstić information content (AvgIpc) is 2.25. The van der Waals surface area contributed by atoms with Crippen LogP contribution in [0.1, 0.15) is 24.9 Å². The van der Waals surface area contributed by atoms with E-state index in [-0.39, 0.29) is 11.9 Å². The molecule has 80 valence electrons. The molecule has 0 heterocycles. The van der Waals surface area contributed by atoms with Gasteiger partial charge in [-0.15, -0.1) is 6.42 Å². The summed E-state index contributed by atoms with van der Waals surface area (Å²) in [5.41, 5.74) is 0.514. The van der Waals surface area contributed by atoms with E-state index in [2.05, 4.69) is 27.2 Å².